The fourth-order valence-corrected chi connectivity index (χ4v) is 5.27. The molecule has 0 aliphatic carbocycles. The van der Waals surface area contributed by atoms with Crippen LogP contribution in [0.5, 0.6) is 0 Å². The van der Waals surface area contributed by atoms with E-state index in [1.165, 1.54) is 34.7 Å². The van der Waals surface area contributed by atoms with Gasteiger partial charge in [0.1, 0.15) is 0 Å². The van der Waals surface area contributed by atoms with Crippen LogP contribution in [0.4, 0.5) is 0 Å². The van der Waals surface area contributed by atoms with Gasteiger partial charge in [-0.2, -0.15) is 0 Å². The quantitative estimate of drug-likeness (QED) is 0.615. The Morgan fingerprint density at radius 3 is 2.55 bits per heavy atom. The molecule has 0 bridgehead atoms. The van der Waals surface area contributed by atoms with Gasteiger partial charge in [0.2, 0.25) is 0 Å². The largest absolute Gasteiger partial charge is 0.299 e. The summed E-state index contributed by atoms with van der Waals surface area (Å²) in [4.78, 5) is 2.56. The van der Waals surface area contributed by atoms with Crippen LogP contribution in [0.25, 0.3) is 10.8 Å². The minimum Gasteiger partial charge on any atom is -0.299 e. The lowest BCUT2D eigenvalue weighted by molar-refractivity contribution is 0.155. The lowest BCUT2D eigenvalue weighted by Crippen LogP contribution is -2.42. The molecule has 2 fully saturated rings. The molecule has 2 atom stereocenters. The second kappa shape index (κ2) is 8.45. The fraction of sp³-hybridized carbons (Fsp3) is 0.360. The van der Waals surface area contributed by atoms with Gasteiger partial charge in [0.05, 0.1) is 0 Å². The highest BCUT2D eigenvalue weighted by Crippen LogP contribution is 2.33. The van der Waals surface area contributed by atoms with Crippen molar-refractivity contribution in [2.24, 2.45) is 5.92 Å². The molecule has 0 spiro atoms. The van der Waals surface area contributed by atoms with Gasteiger partial charge in [-0.05, 0) is 72.3 Å². The van der Waals surface area contributed by atoms with Crippen LogP contribution < -0.4 is 10.9 Å². The standard InChI is InChI=1S/C25H28ClN3/c26-21-8-3-5-18(15-21)17-29-13-11-20(12-14-29)24-16-25(28-27-24)23-10-4-7-19-6-1-2-9-22(19)23/h1-10,15,20,24-25,27-28H,11-14,16-17H2. The summed E-state index contributed by atoms with van der Waals surface area (Å²) >= 11 is 6.14. The SMILES string of the molecule is Clc1cccc(CN2CCC(C3CC(c4cccc5ccccc45)NN3)CC2)c1. The van der Waals surface area contributed by atoms with Crippen molar-refractivity contribution in [3.8, 4) is 0 Å². The molecule has 0 saturated carbocycles. The molecule has 3 nitrogen and oxygen atoms in total. The third-order valence-corrected chi connectivity index (χ3v) is 6.86. The fourth-order valence-electron chi connectivity index (χ4n) is 5.06. The zero-order valence-corrected chi connectivity index (χ0v) is 17.4. The number of hydrazine groups is 1. The molecule has 3 aromatic carbocycles. The summed E-state index contributed by atoms with van der Waals surface area (Å²) in [6.45, 7) is 3.32. The molecule has 29 heavy (non-hydrogen) atoms. The van der Waals surface area contributed by atoms with E-state index in [0.717, 1.165) is 37.0 Å². The Bertz CT molecular complexity index is 975. The van der Waals surface area contributed by atoms with Crippen molar-refractivity contribution in [3.63, 3.8) is 0 Å². The average Bonchev–Trinajstić information content (AvgIpc) is 3.24. The first kappa shape index (κ1) is 19.1. The van der Waals surface area contributed by atoms with Gasteiger partial charge in [0.25, 0.3) is 0 Å². The lowest BCUT2D eigenvalue weighted by atomic mass is 9.85. The first-order valence-corrected chi connectivity index (χ1v) is 11.1. The third-order valence-electron chi connectivity index (χ3n) is 6.63. The second-order valence-corrected chi connectivity index (χ2v) is 8.93. The summed E-state index contributed by atoms with van der Waals surface area (Å²) < 4.78 is 0. The number of hydrogen-bond donors (Lipinski definition) is 2. The van der Waals surface area contributed by atoms with Crippen molar-refractivity contribution in [1.29, 1.82) is 0 Å². The molecule has 0 radical (unpaired) electrons. The maximum absolute atomic E-state index is 6.14. The number of likely N-dealkylation sites (tertiary alicyclic amines) is 1. The Balaban J connectivity index is 1.19. The van der Waals surface area contributed by atoms with Crippen LogP contribution in [0.15, 0.2) is 66.7 Å². The molecule has 2 aliphatic heterocycles. The highest BCUT2D eigenvalue weighted by atomic mass is 35.5. The molecule has 2 unspecified atom stereocenters. The Kier molecular flexibility index (Phi) is 5.56. The van der Waals surface area contributed by atoms with E-state index in [0.29, 0.717) is 12.1 Å². The number of fused-ring (bicyclic) bond motifs is 1. The summed E-state index contributed by atoms with van der Waals surface area (Å²) in [5, 5.41) is 3.52. The van der Waals surface area contributed by atoms with Gasteiger partial charge in [-0.25, -0.2) is 5.43 Å². The number of benzene rings is 3. The molecule has 5 rings (SSSR count). The predicted octanol–water partition coefficient (Wildman–Crippen LogP) is 5.31. The van der Waals surface area contributed by atoms with Crippen molar-refractivity contribution < 1.29 is 0 Å². The van der Waals surface area contributed by atoms with Gasteiger partial charge in [0.15, 0.2) is 0 Å². The van der Waals surface area contributed by atoms with E-state index < -0.39 is 0 Å². The van der Waals surface area contributed by atoms with Crippen molar-refractivity contribution in [2.75, 3.05) is 13.1 Å². The monoisotopic (exact) mass is 405 g/mol. The van der Waals surface area contributed by atoms with Gasteiger partial charge in [-0.15, -0.1) is 0 Å². The van der Waals surface area contributed by atoms with Crippen LogP contribution >= 0.6 is 11.6 Å². The first-order valence-electron chi connectivity index (χ1n) is 10.7. The summed E-state index contributed by atoms with van der Waals surface area (Å²) in [5.74, 6) is 0.734. The van der Waals surface area contributed by atoms with Gasteiger partial charge >= 0.3 is 0 Å². The van der Waals surface area contributed by atoms with E-state index in [2.05, 4.69) is 70.3 Å². The Morgan fingerprint density at radius 1 is 0.897 bits per heavy atom. The average molecular weight is 406 g/mol. The first-order chi connectivity index (χ1) is 14.3. The Hall–Kier alpha value is -1.91. The molecule has 150 valence electrons. The van der Waals surface area contributed by atoms with Gasteiger partial charge in [-0.3, -0.25) is 10.3 Å². The smallest absolute Gasteiger partial charge is 0.0484 e. The van der Waals surface area contributed by atoms with Crippen LogP contribution in [0.3, 0.4) is 0 Å². The molecular formula is C25H28ClN3. The number of halogens is 1. The maximum Gasteiger partial charge on any atom is 0.0484 e. The van der Waals surface area contributed by atoms with E-state index in [-0.39, 0.29) is 0 Å². The molecule has 2 saturated heterocycles. The minimum atomic E-state index is 0.385. The van der Waals surface area contributed by atoms with E-state index in [1.807, 2.05) is 12.1 Å². The molecule has 2 aliphatic rings. The lowest BCUT2D eigenvalue weighted by Gasteiger charge is -2.34. The van der Waals surface area contributed by atoms with E-state index in [9.17, 15) is 0 Å². The molecule has 3 aromatic rings. The molecule has 4 heteroatoms. The van der Waals surface area contributed by atoms with Crippen LogP contribution in [0.1, 0.15) is 36.4 Å². The summed E-state index contributed by atoms with van der Waals surface area (Å²) in [6, 6.07) is 24.6. The Labute approximate surface area is 178 Å². The zero-order valence-electron chi connectivity index (χ0n) is 16.7. The molecule has 0 amide bonds. The van der Waals surface area contributed by atoms with Crippen LogP contribution in [-0.2, 0) is 6.54 Å². The van der Waals surface area contributed by atoms with Gasteiger partial charge < -0.3 is 0 Å². The number of nitrogens with zero attached hydrogens (tertiary/aromatic N) is 1. The van der Waals surface area contributed by atoms with Crippen molar-refractivity contribution in [2.45, 2.75) is 37.9 Å². The van der Waals surface area contributed by atoms with Gasteiger partial charge in [-0.1, -0.05) is 66.2 Å². The highest BCUT2D eigenvalue weighted by molar-refractivity contribution is 6.30. The van der Waals surface area contributed by atoms with Crippen LogP contribution in [0, 0.1) is 5.92 Å². The number of hydrogen-bond acceptors (Lipinski definition) is 3. The van der Waals surface area contributed by atoms with Crippen molar-refractivity contribution >= 4 is 22.4 Å². The third kappa shape index (κ3) is 4.19. The summed E-state index contributed by atoms with van der Waals surface area (Å²) in [7, 11) is 0. The topological polar surface area (TPSA) is 27.3 Å². The van der Waals surface area contributed by atoms with Crippen LogP contribution in [0.2, 0.25) is 5.02 Å². The minimum absolute atomic E-state index is 0.385. The van der Waals surface area contributed by atoms with Gasteiger partial charge in [0, 0.05) is 23.7 Å². The van der Waals surface area contributed by atoms with Crippen molar-refractivity contribution in [3.05, 3.63) is 82.9 Å². The predicted molar refractivity (Wildman–Crippen MR) is 121 cm³/mol. The Morgan fingerprint density at radius 2 is 1.69 bits per heavy atom. The summed E-state index contributed by atoms with van der Waals surface area (Å²) in [6.07, 6.45) is 3.66. The van der Waals surface area contributed by atoms with E-state index in [1.54, 1.807) is 0 Å². The van der Waals surface area contributed by atoms with E-state index in [4.69, 9.17) is 11.6 Å². The number of piperidine rings is 1. The molecular weight excluding hydrogens is 378 g/mol. The van der Waals surface area contributed by atoms with E-state index >= 15 is 0 Å². The zero-order chi connectivity index (χ0) is 19.6. The number of rotatable bonds is 4. The molecule has 0 aromatic heterocycles. The number of nitrogens with one attached hydrogen (secondary N) is 2. The summed E-state index contributed by atoms with van der Waals surface area (Å²) in [5.41, 5.74) is 9.94. The van der Waals surface area contributed by atoms with Crippen molar-refractivity contribution in [1.82, 2.24) is 15.8 Å². The second-order valence-electron chi connectivity index (χ2n) is 8.50. The highest BCUT2D eigenvalue weighted by Gasteiger charge is 2.33. The molecule has 2 heterocycles. The maximum atomic E-state index is 6.14. The normalized spacial score (nSPS) is 23.6. The van der Waals surface area contributed by atoms with Crippen LogP contribution in [-0.4, -0.2) is 24.0 Å². The molecule has 2 N–H and O–H groups in total.